The van der Waals surface area contributed by atoms with Gasteiger partial charge >= 0.3 is 6.09 Å². The van der Waals surface area contributed by atoms with Crippen LogP contribution < -0.4 is 5.32 Å². The molecule has 0 aliphatic carbocycles. The van der Waals surface area contributed by atoms with Crippen molar-refractivity contribution in [2.75, 3.05) is 6.54 Å². The predicted molar refractivity (Wildman–Crippen MR) is 92.9 cm³/mol. The van der Waals surface area contributed by atoms with Gasteiger partial charge in [-0.3, -0.25) is 4.68 Å². The smallest absolute Gasteiger partial charge is 0.407 e. The Bertz CT molecular complexity index is 672. The second kappa shape index (κ2) is 9.19. The summed E-state index contributed by atoms with van der Waals surface area (Å²) in [7, 11) is 0. The van der Waals surface area contributed by atoms with Gasteiger partial charge in [0.2, 0.25) is 0 Å². The minimum atomic E-state index is -1.15. The van der Waals surface area contributed by atoms with E-state index in [0.717, 1.165) is 24.2 Å². The summed E-state index contributed by atoms with van der Waals surface area (Å²) in [5, 5.41) is 27.0. The number of benzene rings is 1. The van der Waals surface area contributed by atoms with Crippen LogP contribution in [0.15, 0.2) is 36.5 Å². The summed E-state index contributed by atoms with van der Waals surface area (Å²) in [6, 6.07) is 9.30. The minimum absolute atomic E-state index is 0.118. The summed E-state index contributed by atoms with van der Waals surface area (Å²) in [6.45, 7) is 4.66. The Morgan fingerprint density at radius 2 is 2.04 bits per heavy atom. The van der Waals surface area contributed by atoms with E-state index in [9.17, 15) is 15.0 Å². The molecular weight excluding hydrogens is 322 g/mol. The van der Waals surface area contributed by atoms with Crippen molar-refractivity contribution in [3.63, 3.8) is 0 Å². The largest absolute Gasteiger partial charge is 0.445 e. The number of amides is 1. The molecule has 3 N–H and O–H groups in total. The van der Waals surface area contributed by atoms with Crippen LogP contribution in [0.4, 0.5) is 4.79 Å². The number of hydrogen-bond donors (Lipinski definition) is 3. The number of aromatic nitrogens is 2. The molecule has 1 heterocycles. The first-order valence-corrected chi connectivity index (χ1v) is 8.36. The van der Waals surface area contributed by atoms with Crippen molar-refractivity contribution < 1.29 is 19.7 Å². The van der Waals surface area contributed by atoms with Gasteiger partial charge in [0.1, 0.15) is 18.8 Å². The topological polar surface area (TPSA) is 96.6 Å². The Morgan fingerprint density at radius 3 is 2.72 bits per heavy atom. The van der Waals surface area contributed by atoms with Crippen molar-refractivity contribution >= 4 is 6.09 Å². The molecule has 7 nitrogen and oxygen atoms in total. The quantitative estimate of drug-likeness (QED) is 0.678. The van der Waals surface area contributed by atoms with Gasteiger partial charge in [-0.05, 0) is 18.9 Å². The normalized spacial score (nSPS) is 13.3. The first-order valence-electron chi connectivity index (χ1n) is 8.36. The van der Waals surface area contributed by atoms with Crippen LogP contribution in [-0.2, 0) is 17.9 Å². The zero-order valence-electron chi connectivity index (χ0n) is 14.6. The summed E-state index contributed by atoms with van der Waals surface area (Å²) in [6.07, 6.45) is -0.446. The third-order valence-corrected chi connectivity index (χ3v) is 3.93. The van der Waals surface area contributed by atoms with E-state index in [1.54, 1.807) is 10.9 Å². The molecule has 136 valence electrons. The van der Waals surface area contributed by atoms with Crippen molar-refractivity contribution in [3.8, 4) is 0 Å². The summed E-state index contributed by atoms with van der Waals surface area (Å²) in [5.41, 5.74) is 2.23. The average molecular weight is 347 g/mol. The molecule has 2 unspecified atom stereocenters. The van der Waals surface area contributed by atoms with Gasteiger partial charge in [0.15, 0.2) is 0 Å². The molecule has 0 radical (unpaired) electrons. The standard InChI is InChI=1S/C18H25N3O4/c1-3-9-21-13(2)15(10-20-21)17(23)16(22)11-19-18(24)25-12-14-7-5-4-6-8-14/h4-8,10,16-17,22-23H,3,9,11-12H2,1-2H3,(H,19,24). The monoisotopic (exact) mass is 347 g/mol. The molecule has 1 amide bonds. The highest BCUT2D eigenvalue weighted by atomic mass is 16.5. The third kappa shape index (κ3) is 5.30. The lowest BCUT2D eigenvalue weighted by atomic mass is 10.1. The average Bonchev–Trinajstić information content (AvgIpc) is 2.99. The third-order valence-electron chi connectivity index (χ3n) is 3.93. The fraction of sp³-hybridized carbons (Fsp3) is 0.444. The van der Waals surface area contributed by atoms with Crippen molar-refractivity contribution in [2.45, 2.75) is 45.6 Å². The van der Waals surface area contributed by atoms with E-state index in [1.165, 1.54) is 0 Å². The van der Waals surface area contributed by atoms with Crippen LogP contribution in [0, 0.1) is 6.92 Å². The fourth-order valence-electron chi connectivity index (χ4n) is 2.47. The Balaban J connectivity index is 1.80. The Morgan fingerprint density at radius 1 is 1.32 bits per heavy atom. The van der Waals surface area contributed by atoms with Gasteiger partial charge < -0.3 is 20.3 Å². The molecule has 0 aliphatic rings. The lowest BCUT2D eigenvalue weighted by molar-refractivity contribution is 0.0180. The van der Waals surface area contributed by atoms with E-state index in [0.29, 0.717) is 5.56 Å². The molecule has 2 aromatic rings. The van der Waals surface area contributed by atoms with Crippen LogP contribution in [-0.4, -0.2) is 38.7 Å². The SMILES string of the molecule is CCCn1ncc(C(O)C(O)CNC(=O)OCc2ccccc2)c1C. The van der Waals surface area contributed by atoms with Crippen molar-refractivity contribution in [2.24, 2.45) is 0 Å². The van der Waals surface area contributed by atoms with E-state index >= 15 is 0 Å². The maximum absolute atomic E-state index is 11.7. The number of alkyl carbamates (subject to hydrolysis) is 1. The van der Waals surface area contributed by atoms with Crippen molar-refractivity contribution in [1.82, 2.24) is 15.1 Å². The number of nitrogens with zero attached hydrogens (tertiary/aromatic N) is 2. The fourth-order valence-corrected chi connectivity index (χ4v) is 2.47. The van der Waals surface area contributed by atoms with Gasteiger partial charge in [-0.1, -0.05) is 37.3 Å². The van der Waals surface area contributed by atoms with Gasteiger partial charge in [-0.25, -0.2) is 4.79 Å². The van der Waals surface area contributed by atoms with Crippen LogP contribution >= 0.6 is 0 Å². The number of nitrogens with one attached hydrogen (secondary N) is 1. The highest BCUT2D eigenvalue weighted by Gasteiger charge is 2.23. The Kier molecular flexibility index (Phi) is 6.97. The van der Waals surface area contributed by atoms with Crippen LogP contribution in [0.3, 0.4) is 0 Å². The highest BCUT2D eigenvalue weighted by molar-refractivity contribution is 5.67. The summed E-state index contributed by atoms with van der Waals surface area (Å²) < 4.78 is 6.85. The molecule has 2 rings (SSSR count). The number of hydrogen-bond acceptors (Lipinski definition) is 5. The van der Waals surface area contributed by atoms with E-state index in [4.69, 9.17) is 4.74 Å². The van der Waals surface area contributed by atoms with Crippen molar-refractivity contribution in [1.29, 1.82) is 0 Å². The first kappa shape index (κ1) is 19.0. The zero-order chi connectivity index (χ0) is 18.2. The molecule has 7 heteroatoms. The number of carbonyl (C=O) groups excluding carboxylic acids is 1. The van der Waals surface area contributed by atoms with E-state index in [2.05, 4.69) is 10.4 Å². The number of ether oxygens (including phenoxy) is 1. The van der Waals surface area contributed by atoms with Crippen LogP contribution in [0.2, 0.25) is 0 Å². The van der Waals surface area contributed by atoms with Crippen LogP contribution in [0.5, 0.6) is 0 Å². The van der Waals surface area contributed by atoms with Crippen molar-refractivity contribution in [3.05, 3.63) is 53.3 Å². The Labute approximate surface area is 147 Å². The van der Waals surface area contributed by atoms with Crippen LogP contribution in [0.1, 0.15) is 36.3 Å². The predicted octanol–water partition coefficient (Wildman–Crippen LogP) is 1.92. The van der Waals surface area contributed by atoms with E-state index in [-0.39, 0.29) is 13.2 Å². The molecule has 1 aromatic heterocycles. The summed E-state index contributed by atoms with van der Waals surface area (Å²) in [4.78, 5) is 11.7. The number of rotatable bonds is 8. The lowest BCUT2D eigenvalue weighted by Gasteiger charge is -2.18. The van der Waals surface area contributed by atoms with Gasteiger partial charge in [-0.2, -0.15) is 5.10 Å². The van der Waals surface area contributed by atoms with Crippen LogP contribution in [0.25, 0.3) is 0 Å². The van der Waals surface area contributed by atoms with Gasteiger partial charge in [0.25, 0.3) is 0 Å². The summed E-state index contributed by atoms with van der Waals surface area (Å²) >= 11 is 0. The molecular formula is C18H25N3O4. The molecule has 0 spiro atoms. The highest BCUT2D eigenvalue weighted by Crippen LogP contribution is 2.20. The molecule has 0 saturated carbocycles. The first-order chi connectivity index (χ1) is 12.0. The second-order valence-electron chi connectivity index (χ2n) is 5.86. The molecule has 1 aromatic carbocycles. The number of aliphatic hydroxyl groups is 2. The van der Waals surface area contributed by atoms with E-state index in [1.807, 2.05) is 44.2 Å². The zero-order valence-corrected chi connectivity index (χ0v) is 14.6. The Hall–Kier alpha value is -2.38. The molecule has 0 saturated heterocycles. The van der Waals surface area contributed by atoms with E-state index < -0.39 is 18.3 Å². The number of carbonyl (C=O) groups is 1. The molecule has 0 fully saturated rings. The maximum Gasteiger partial charge on any atom is 0.407 e. The second-order valence-corrected chi connectivity index (χ2v) is 5.86. The van der Waals surface area contributed by atoms with Gasteiger partial charge in [-0.15, -0.1) is 0 Å². The summed E-state index contributed by atoms with van der Waals surface area (Å²) in [5.74, 6) is 0. The number of aliphatic hydroxyl groups excluding tert-OH is 2. The molecule has 0 aliphatic heterocycles. The minimum Gasteiger partial charge on any atom is -0.445 e. The number of aryl methyl sites for hydroxylation is 1. The maximum atomic E-state index is 11.7. The molecule has 0 bridgehead atoms. The lowest BCUT2D eigenvalue weighted by Crippen LogP contribution is -2.35. The molecule has 25 heavy (non-hydrogen) atoms. The van der Waals surface area contributed by atoms with Gasteiger partial charge in [0, 0.05) is 24.3 Å². The van der Waals surface area contributed by atoms with Gasteiger partial charge in [0.05, 0.1) is 6.20 Å². The molecule has 2 atom stereocenters.